The van der Waals surface area contributed by atoms with Gasteiger partial charge >= 0.3 is 0 Å². The molecule has 0 radical (unpaired) electrons. The van der Waals surface area contributed by atoms with Gasteiger partial charge in [0, 0.05) is 29.1 Å². The zero-order valence-corrected chi connectivity index (χ0v) is 16.3. The molecule has 0 bridgehead atoms. The molecule has 0 saturated carbocycles. The summed E-state index contributed by atoms with van der Waals surface area (Å²) < 4.78 is 19.5. The third kappa shape index (κ3) is 4.77. The zero-order chi connectivity index (χ0) is 17.3. The molecule has 1 unspecified atom stereocenters. The number of ether oxygens (including phenoxy) is 1. The second-order valence-electron chi connectivity index (χ2n) is 6.51. The predicted octanol–water partition coefficient (Wildman–Crippen LogP) is 3.84. The fourth-order valence-corrected chi connectivity index (χ4v) is 3.94. The Labute approximate surface area is 163 Å². The van der Waals surface area contributed by atoms with Crippen molar-refractivity contribution in [3.8, 4) is 0 Å². The van der Waals surface area contributed by atoms with E-state index in [2.05, 4.69) is 12.2 Å². The molecule has 3 rings (SSSR count). The number of hydrogen-bond donors (Lipinski definition) is 1. The molecule has 8 heteroatoms. The molecule has 4 nitrogen and oxygen atoms in total. The zero-order valence-electron chi connectivity index (χ0n) is 13.9. The Kier molecular flexibility index (Phi) is 7.35. The van der Waals surface area contributed by atoms with Crippen LogP contribution >= 0.6 is 35.6 Å². The number of amides is 1. The molecular formula is C17H22Cl3FN2O2. The van der Waals surface area contributed by atoms with Crippen LogP contribution in [0.4, 0.5) is 4.39 Å². The first kappa shape index (κ1) is 20.7. The molecule has 0 spiro atoms. The van der Waals surface area contributed by atoms with Crippen molar-refractivity contribution >= 4 is 41.5 Å². The molecule has 0 aromatic heterocycles. The van der Waals surface area contributed by atoms with Crippen molar-refractivity contribution in [1.29, 1.82) is 0 Å². The van der Waals surface area contributed by atoms with E-state index >= 15 is 0 Å². The maximum atomic E-state index is 13.8. The molecule has 1 amide bonds. The van der Waals surface area contributed by atoms with Crippen LogP contribution in [0.1, 0.15) is 31.4 Å². The van der Waals surface area contributed by atoms with Gasteiger partial charge in [-0.05, 0) is 38.4 Å². The van der Waals surface area contributed by atoms with Crippen molar-refractivity contribution in [2.45, 2.75) is 31.9 Å². The second kappa shape index (κ2) is 8.87. The van der Waals surface area contributed by atoms with Crippen LogP contribution in [-0.4, -0.2) is 43.1 Å². The summed E-state index contributed by atoms with van der Waals surface area (Å²) in [4.78, 5) is 14.6. The summed E-state index contributed by atoms with van der Waals surface area (Å²) in [6.07, 6.45) is 1.26. The lowest BCUT2D eigenvalue weighted by Gasteiger charge is -2.37. The second-order valence-corrected chi connectivity index (χ2v) is 7.32. The van der Waals surface area contributed by atoms with E-state index < -0.39 is 11.9 Å². The summed E-state index contributed by atoms with van der Waals surface area (Å²) in [6.45, 7) is 4.31. The highest BCUT2D eigenvalue weighted by atomic mass is 35.5. The van der Waals surface area contributed by atoms with Crippen molar-refractivity contribution < 1.29 is 13.9 Å². The van der Waals surface area contributed by atoms with Crippen molar-refractivity contribution in [1.82, 2.24) is 10.2 Å². The van der Waals surface area contributed by atoms with Crippen molar-refractivity contribution in [2.75, 3.05) is 26.2 Å². The Morgan fingerprint density at radius 3 is 2.84 bits per heavy atom. The molecule has 2 saturated heterocycles. The average molecular weight is 412 g/mol. The maximum absolute atomic E-state index is 13.8. The number of carbonyl (C=O) groups is 1. The normalized spacial score (nSPS) is 26.9. The molecule has 2 fully saturated rings. The van der Waals surface area contributed by atoms with Gasteiger partial charge in [0.25, 0.3) is 0 Å². The van der Waals surface area contributed by atoms with Crippen molar-refractivity contribution in [3.05, 3.63) is 33.6 Å². The van der Waals surface area contributed by atoms with Crippen molar-refractivity contribution in [2.24, 2.45) is 5.92 Å². The van der Waals surface area contributed by atoms with Gasteiger partial charge in [0.15, 0.2) is 0 Å². The van der Waals surface area contributed by atoms with Crippen LogP contribution in [-0.2, 0) is 9.53 Å². The number of morpholine rings is 1. The summed E-state index contributed by atoms with van der Waals surface area (Å²) in [5.41, 5.74) is 0.537. The van der Waals surface area contributed by atoms with E-state index in [9.17, 15) is 9.18 Å². The Hall–Kier alpha value is -0.590. The summed E-state index contributed by atoms with van der Waals surface area (Å²) in [5, 5.41) is 3.70. The molecule has 3 atom stereocenters. The number of benzene rings is 1. The number of nitrogens with one attached hydrogen (secondary N) is 1. The van der Waals surface area contributed by atoms with E-state index in [1.807, 2.05) is 4.90 Å². The van der Waals surface area contributed by atoms with Gasteiger partial charge in [0.05, 0.1) is 18.2 Å². The number of carbonyl (C=O) groups excluding carboxylic acids is 1. The number of hydrogen-bond acceptors (Lipinski definition) is 3. The summed E-state index contributed by atoms with van der Waals surface area (Å²) in [5.74, 6) is -0.338. The van der Waals surface area contributed by atoms with Gasteiger partial charge in [0.2, 0.25) is 5.91 Å². The van der Waals surface area contributed by atoms with E-state index in [1.54, 1.807) is 0 Å². The highest BCUT2D eigenvalue weighted by Crippen LogP contribution is 2.33. The Bertz CT molecular complexity index is 632. The topological polar surface area (TPSA) is 41.6 Å². The highest BCUT2D eigenvalue weighted by Gasteiger charge is 2.33. The van der Waals surface area contributed by atoms with Gasteiger partial charge in [-0.25, -0.2) is 4.39 Å². The summed E-state index contributed by atoms with van der Waals surface area (Å²) in [7, 11) is 0. The number of rotatable bonds is 2. The summed E-state index contributed by atoms with van der Waals surface area (Å²) >= 11 is 11.9. The van der Waals surface area contributed by atoms with E-state index in [0.29, 0.717) is 36.3 Å². The number of halogens is 4. The first-order chi connectivity index (χ1) is 11.5. The van der Waals surface area contributed by atoms with Crippen LogP contribution in [0.3, 0.4) is 0 Å². The fraction of sp³-hybridized carbons (Fsp3) is 0.588. The van der Waals surface area contributed by atoms with Gasteiger partial charge in [-0.1, -0.05) is 23.2 Å². The smallest absolute Gasteiger partial charge is 0.225 e. The Balaban J connectivity index is 0.00000225. The predicted molar refractivity (Wildman–Crippen MR) is 99.1 cm³/mol. The highest BCUT2D eigenvalue weighted by molar-refractivity contribution is 6.35. The number of nitrogens with zero attached hydrogens (tertiary/aromatic N) is 1. The molecule has 1 N–H and O–H groups in total. The van der Waals surface area contributed by atoms with Crippen LogP contribution in [0.15, 0.2) is 12.1 Å². The van der Waals surface area contributed by atoms with Crippen LogP contribution in [0.5, 0.6) is 0 Å². The standard InChI is InChI=1S/C17H21Cl2FN2O2.ClH/c1-10-6-11(2-3-21-10)17(23)22-4-5-24-16(9-22)12-7-15(20)14(19)8-13(12)18;/h7-8,10-11,16,21H,2-6,9H2,1H3;1H/t10-,11-,16?;/m0./s1. The minimum atomic E-state index is -0.532. The monoisotopic (exact) mass is 410 g/mol. The molecule has 1 aromatic carbocycles. The fourth-order valence-electron chi connectivity index (χ4n) is 3.44. The minimum Gasteiger partial charge on any atom is -0.370 e. The lowest BCUT2D eigenvalue weighted by Crippen LogP contribution is -2.48. The van der Waals surface area contributed by atoms with E-state index in [0.717, 1.165) is 19.4 Å². The molecule has 2 heterocycles. The third-order valence-electron chi connectivity index (χ3n) is 4.74. The molecule has 25 heavy (non-hydrogen) atoms. The largest absolute Gasteiger partial charge is 0.370 e. The molecule has 2 aliphatic rings. The van der Waals surface area contributed by atoms with E-state index in [1.165, 1.54) is 12.1 Å². The van der Waals surface area contributed by atoms with E-state index in [4.69, 9.17) is 27.9 Å². The number of piperidine rings is 1. The average Bonchev–Trinajstić information content (AvgIpc) is 2.57. The molecular weight excluding hydrogens is 390 g/mol. The van der Waals surface area contributed by atoms with Gasteiger partial charge < -0.3 is 15.0 Å². The molecule has 0 aliphatic carbocycles. The maximum Gasteiger partial charge on any atom is 0.225 e. The van der Waals surface area contributed by atoms with Gasteiger partial charge in [-0.15, -0.1) is 12.4 Å². The summed E-state index contributed by atoms with van der Waals surface area (Å²) in [6, 6.07) is 3.03. The van der Waals surface area contributed by atoms with Gasteiger partial charge in [-0.3, -0.25) is 4.79 Å². The van der Waals surface area contributed by atoms with Gasteiger partial charge in [-0.2, -0.15) is 0 Å². The Morgan fingerprint density at radius 2 is 2.12 bits per heavy atom. The Morgan fingerprint density at radius 1 is 1.36 bits per heavy atom. The minimum absolute atomic E-state index is 0. The van der Waals surface area contributed by atoms with Crippen LogP contribution in [0.25, 0.3) is 0 Å². The van der Waals surface area contributed by atoms with Crippen LogP contribution < -0.4 is 5.32 Å². The first-order valence-corrected chi connectivity index (χ1v) is 8.99. The molecule has 140 valence electrons. The lowest BCUT2D eigenvalue weighted by atomic mass is 9.91. The quantitative estimate of drug-likeness (QED) is 0.752. The molecule has 2 aliphatic heterocycles. The van der Waals surface area contributed by atoms with E-state index in [-0.39, 0.29) is 29.3 Å². The van der Waals surface area contributed by atoms with Crippen LogP contribution in [0.2, 0.25) is 10.0 Å². The van der Waals surface area contributed by atoms with Crippen molar-refractivity contribution in [3.63, 3.8) is 0 Å². The SMILES string of the molecule is C[C@H]1C[C@@H](C(=O)N2CCOC(c3cc(F)c(Cl)cc3Cl)C2)CCN1.Cl. The van der Waals surface area contributed by atoms with Gasteiger partial charge in [0.1, 0.15) is 11.9 Å². The molecule has 1 aromatic rings. The van der Waals surface area contributed by atoms with Crippen LogP contribution in [0, 0.1) is 11.7 Å². The third-order valence-corrected chi connectivity index (χ3v) is 5.35. The first-order valence-electron chi connectivity index (χ1n) is 8.24. The lowest BCUT2D eigenvalue weighted by molar-refractivity contribution is -0.144.